The van der Waals surface area contributed by atoms with Crippen LogP contribution in [0.1, 0.15) is 0 Å². The predicted molar refractivity (Wildman–Crippen MR) is 75.3 cm³/mol. The van der Waals surface area contributed by atoms with Gasteiger partial charge < -0.3 is 0 Å². The monoisotopic (exact) mass is 330 g/mol. The van der Waals surface area contributed by atoms with E-state index in [1.54, 1.807) is 6.07 Å². The van der Waals surface area contributed by atoms with Gasteiger partial charge in [0, 0.05) is 6.07 Å². The van der Waals surface area contributed by atoms with Crippen LogP contribution in [0.25, 0.3) is 0 Å². The Balaban J connectivity index is 2.40. The van der Waals surface area contributed by atoms with Gasteiger partial charge in [0.15, 0.2) is 0 Å². The molecule has 1 N–H and O–H groups in total. The number of nitrogens with one attached hydrogen (secondary N) is 1. The molecular formula is C12H8ClFN2O4S. The van der Waals surface area contributed by atoms with Crippen molar-refractivity contribution < 1.29 is 17.7 Å². The van der Waals surface area contributed by atoms with Gasteiger partial charge in [-0.3, -0.25) is 14.8 Å². The van der Waals surface area contributed by atoms with E-state index in [2.05, 4.69) is 4.72 Å². The third kappa shape index (κ3) is 3.29. The SMILES string of the molecule is O=[N+]([O-])c1cc(NS(=O)(=O)c2ccccc2Cl)ccc1F. The molecule has 0 saturated heterocycles. The zero-order valence-electron chi connectivity index (χ0n) is 10.3. The van der Waals surface area contributed by atoms with Crippen LogP contribution in [-0.2, 0) is 10.0 Å². The quantitative estimate of drug-likeness (QED) is 0.688. The number of benzene rings is 2. The zero-order chi connectivity index (χ0) is 15.6. The topological polar surface area (TPSA) is 89.3 Å². The van der Waals surface area contributed by atoms with Gasteiger partial charge in [0.25, 0.3) is 10.0 Å². The molecule has 2 aromatic rings. The molecule has 0 heterocycles. The van der Waals surface area contributed by atoms with Crippen molar-refractivity contribution in [2.45, 2.75) is 4.90 Å². The second-order valence-electron chi connectivity index (χ2n) is 3.96. The number of rotatable bonds is 4. The number of hydrogen-bond acceptors (Lipinski definition) is 4. The van der Waals surface area contributed by atoms with E-state index in [9.17, 15) is 22.9 Å². The van der Waals surface area contributed by atoms with E-state index in [-0.39, 0.29) is 15.6 Å². The van der Waals surface area contributed by atoms with Gasteiger partial charge in [-0.25, -0.2) is 8.42 Å². The molecule has 0 aliphatic rings. The molecule has 0 unspecified atom stereocenters. The van der Waals surface area contributed by atoms with E-state index in [1.165, 1.54) is 18.2 Å². The lowest BCUT2D eigenvalue weighted by atomic mass is 10.3. The molecule has 110 valence electrons. The molecule has 0 saturated carbocycles. The Labute approximate surface area is 124 Å². The van der Waals surface area contributed by atoms with Crippen molar-refractivity contribution in [3.63, 3.8) is 0 Å². The van der Waals surface area contributed by atoms with E-state index in [4.69, 9.17) is 11.6 Å². The molecule has 0 amide bonds. The number of nitro groups is 1. The third-order valence-electron chi connectivity index (χ3n) is 2.52. The van der Waals surface area contributed by atoms with Crippen LogP contribution in [-0.4, -0.2) is 13.3 Å². The van der Waals surface area contributed by atoms with Gasteiger partial charge in [0.2, 0.25) is 5.82 Å². The minimum Gasteiger partial charge on any atom is -0.279 e. The van der Waals surface area contributed by atoms with Crippen LogP contribution in [0.3, 0.4) is 0 Å². The first-order valence-electron chi connectivity index (χ1n) is 5.52. The summed E-state index contributed by atoms with van der Waals surface area (Å²) in [5.41, 5.74) is -0.961. The Morgan fingerprint density at radius 1 is 1.19 bits per heavy atom. The van der Waals surface area contributed by atoms with Crippen LogP contribution >= 0.6 is 11.6 Å². The Morgan fingerprint density at radius 2 is 1.86 bits per heavy atom. The minimum absolute atomic E-state index is 0.00149. The van der Waals surface area contributed by atoms with E-state index < -0.39 is 26.5 Å². The largest absolute Gasteiger partial charge is 0.306 e. The highest BCUT2D eigenvalue weighted by Crippen LogP contribution is 2.26. The maximum Gasteiger partial charge on any atom is 0.306 e. The summed E-state index contributed by atoms with van der Waals surface area (Å²) < 4.78 is 39.6. The van der Waals surface area contributed by atoms with E-state index in [0.29, 0.717) is 0 Å². The van der Waals surface area contributed by atoms with Gasteiger partial charge in [-0.15, -0.1) is 0 Å². The number of halogens is 2. The Kier molecular flexibility index (Phi) is 4.10. The van der Waals surface area contributed by atoms with Gasteiger partial charge in [-0.2, -0.15) is 4.39 Å². The summed E-state index contributed by atoms with van der Waals surface area (Å²) in [6, 6.07) is 8.40. The van der Waals surface area contributed by atoms with E-state index in [1.807, 2.05) is 0 Å². The summed E-state index contributed by atoms with van der Waals surface area (Å²) in [5, 5.41) is 10.6. The van der Waals surface area contributed by atoms with Crippen LogP contribution in [0.5, 0.6) is 0 Å². The van der Waals surface area contributed by atoms with Crippen LogP contribution in [0, 0.1) is 15.9 Å². The van der Waals surface area contributed by atoms with Gasteiger partial charge in [0.1, 0.15) is 4.90 Å². The highest BCUT2D eigenvalue weighted by atomic mass is 35.5. The summed E-state index contributed by atoms with van der Waals surface area (Å²) in [6.07, 6.45) is 0. The number of hydrogen-bond donors (Lipinski definition) is 1. The summed E-state index contributed by atoms with van der Waals surface area (Å²) in [6.45, 7) is 0. The second kappa shape index (κ2) is 5.66. The van der Waals surface area contributed by atoms with Crippen molar-refractivity contribution in [1.82, 2.24) is 0 Å². The molecule has 0 fully saturated rings. The Hall–Kier alpha value is -2.19. The molecule has 6 nitrogen and oxygen atoms in total. The van der Waals surface area contributed by atoms with Gasteiger partial charge >= 0.3 is 5.69 Å². The van der Waals surface area contributed by atoms with Crippen LogP contribution in [0.2, 0.25) is 5.02 Å². The Morgan fingerprint density at radius 3 is 2.48 bits per heavy atom. The molecule has 0 radical (unpaired) electrons. The standard InChI is InChI=1S/C12H8ClFN2O4S/c13-9-3-1-2-4-12(9)21(19,20)15-8-5-6-10(14)11(7-8)16(17)18/h1-7,15H. The highest BCUT2D eigenvalue weighted by Gasteiger charge is 2.20. The smallest absolute Gasteiger partial charge is 0.279 e. The second-order valence-corrected chi connectivity index (χ2v) is 6.02. The van der Waals surface area contributed by atoms with Gasteiger partial charge in [-0.05, 0) is 24.3 Å². The first kappa shape index (κ1) is 15.2. The predicted octanol–water partition coefficient (Wildman–Crippen LogP) is 3.19. The van der Waals surface area contributed by atoms with Crippen LogP contribution in [0.15, 0.2) is 47.4 Å². The highest BCUT2D eigenvalue weighted by molar-refractivity contribution is 7.92. The maximum absolute atomic E-state index is 13.2. The fourth-order valence-corrected chi connectivity index (χ4v) is 3.16. The van der Waals surface area contributed by atoms with Crippen molar-refractivity contribution in [3.8, 4) is 0 Å². The summed E-state index contributed by atoms with van der Waals surface area (Å²) in [5.74, 6) is -1.05. The van der Waals surface area contributed by atoms with E-state index >= 15 is 0 Å². The van der Waals surface area contributed by atoms with Crippen molar-refractivity contribution in [3.05, 3.63) is 63.4 Å². The number of nitro benzene ring substituents is 1. The summed E-state index contributed by atoms with van der Waals surface area (Å²) >= 11 is 5.79. The first-order valence-corrected chi connectivity index (χ1v) is 7.38. The number of sulfonamides is 1. The molecule has 0 spiro atoms. The van der Waals surface area contributed by atoms with Crippen LogP contribution < -0.4 is 4.72 Å². The maximum atomic E-state index is 13.2. The zero-order valence-corrected chi connectivity index (χ0v) is 11.9. The lowest BCUT2D eigenvalue weighted by Gasteiger charge is -2.09. The summed E-state index contributed by atoms with van der Waals surface area (Å²) in [7, 11) is -4.03. The number of nitrogens with zero attached hydrogens (tertiary/aromatic N) is 1. The molecule has 2 aromatic carbocycles. The Bertz CT molecular complexity index is 811. The molecule has 0 aromatic heterocycles. The molecule has 0 atom stereocenters. The minimum atomic E-state index is -4.03. The fourth-order valence-electron chi connectivity index (χ4n) is 1.59. The average molecular weight is 331 g/mol. The molecule has 9 heteroatoms. The molecule has 2 rings (SSSR count). The van der Waals surface area contributed by atoms with E-state index in [0.717, 1.165) is 18.2 Å². The lowest BCUT2D eigenvalue weighted by Crippen LogP contribution is -2.13. The van der Waals surface area contributed by atoms with Crippen molar-refractivity contribution in [1.29, 1.82) is 0 Å². The van der Waals surface area contributed by atoms with Crippen molar-refractivity contribution >= 4 is 33.0 Å². The summed E-state index contributed by atoms with van der Waals surface area (Å²) in [4.78, 5) is 9.51. The molecule has 0 aliphatic carbocycles. The molecular weight excluding hydrogens is 323 g/mol. The molecule has 21 heavy (non-hydrogen) atoms. The van der Waals surface area contributed by atoms with Crippen LogP contribution in [0.4, 0.5) is 15.8 Å². The first-order chi connectivity index (χ1) is 9.81. The van der Waals surface area contributed by atoms with Gasteiger partial charge in [-0.1, -0.05) is 23.7 Å². The number of anilines is 1. The normalized spacial score (nSPS) is 11.1. The fraction of sp³-hybridized carbons (Fsp3) is 0. The van der Waals surface area contributed by atoms with Crippen molar-refractivity contribution in [2.24, 2.45) is 0 Å². The average Bonchev–Trinajstić information content (AvgIpc) is 2.40. The van der Waals surface area contributed by atoms with Crippen molar-refractivity contribution in [2.75, 3.05) is 4.72 Å². The molecule has 0 aliphatic heterocycles. The lowest BCUT2D eigenvalue weighted by molar-refractivity contribution is -0.387. The third-order valence-corrected chi connectivity index (χ3v) is 4.40. The van der Waals surface area contributed by atoms with Gasteiger partial charge in [0.05, 0.1) is 15.6 Å². The molecule has 0 bridgehead atoms.